The summed E-state index contributed by atoms with van der Waals surface area (Å²) in [6, 6.07) is 8.88. The number of aliphatic hydroxyl groups excluding tert-OH is 1. The van der Waals surface area contributed by atoms with Crippen LogP contribution in [0.25, 0.3) is 11.3 Å². The molecule has 1 N–H and O–H groups in total. The van der Waals surface area contributed by atoms with Crippen LogP contribution in [-0.4, -0.2) is 40.3 Å². The van der Waals surface area contributed by atoms with Crippen molar-refractivity contribution < 1.29 is 14.4 Å². The van der Waals surface area contributed by atoms with Crippen molar-refractivity contribution in [1.82, 2.24) is 10.1 Å². The molecule has 122 valence electrons. The lowest BCUT2D eigenvalue weighted by molar-refractivity contribution is 0.0436. The molecule has 2 atom stereocenters. The van der Waals surface area contributed by atoms with Crippen LogP contribution in [0.1, 0.15) is 30.3 Å². The van der Waals surface area contributed by atoms with Crippen LogP contribution in [0.5, 0.6) is 0 Å². The third-order valence-electron chi connectivity index (χ3n) is 4.27. The second-order valence-corrected chi connectivity index (χ2v) is 6.42. The Balaban J connectivity index is 1.76. The third kappa shape index (κ3) is 3.57. The van der Waals surface area contributed by atoms with E-state index in [1.165, 1.54) is 0 Å². The molecule has 23 heavy (non-hydrogen) atoms. The van der Waals surface area contributed by atoms with E-state index < -0.39 is 6.10 Å². The summed E-state index contributed by atoms with van der Waals surface area (Å²) in [5.41, 5.74) is 1.39. The Bertz CT molecular complexity index is 699. The van der Waals surface area contributed by atoms with Crippen molar-refractivity contribution in [2.24, 2.45) is 5.92 Å². The fourth-order valence-electron chi connectivity index (χ4n) is 2.90. The van der Waals surface area contributed by atoms with Gasteiger partial charge in [0, 0.05) is 35.7 Å². The van der Waals surface area contributed by atoms with Crippen LogP contribution >= 0.6 is 11.6 Å². The first-order valence-electron chi connectivity index (χ1n) is 7.74. The average molecular weight is 335 g/mol. The van der Waals surface area contributed by atoms with Crippen molar-refractivity contribution in [3.05, 3.63) is 41.1 Å². The second kappa shape index (κ2) is 6.72. The fourth-order valence-corrected chi connectivity index (χ4v) is 3.09. The van der Waals surface area contributed by atoms with E-state index in [0.717, 1.165) is 18.4 Å². The van der Waals surface area contributed by atoms with Crippen molar-refractivity contribution in [2.75, 3.05) is 13.1 Å². The number of amides is 1. The zero-order valence-electron chi connectivity index (χ0n) is 12.9. The summed E-state index contributed by atoms with van der Waals surface area (Å²) >= 11 is 5.97. The van der Waals surface area contributed by atoms with E-state index in [1.807, 2.05) is 12.1 Å². The van der Waals surface area contributed by atoms with E-state index in [4.69, 9.17) is 16.1 Å². The summed E-state index contributed by atoms with van der Waals surface area (Å²) in [5.74, 6) is 0.144. The summed E-state index contributed by atoms with van der Waals surface area (Å²) in [4.78, 5) is 14.3. The molecule has 1 aliphatic heterocycles. The molecule has 1 saturated heterocycles. The fraction of sp³-hybridized carbons (Fsp3) is 0.412. The molecule has 6 heteroatoms. The number of benzene rings is 1. The number of aliphatic hydroxyl groups is 1. The van der Waals surface area contributed by atoms with Gasteiger partial charge in [-0.05, 0) is 31.9 Å². The Labute approximate surface area is 139 Å². The van der Waals surface area contributed by atoms with Gasteiger partial charge in [-0.25, -0.2) is 0 Å². The number of halogens is 1. The Morgan fingerprint density at radius 1 is 1.48 bits per heavy atom. The molecule has 1 aromatic heterocycles. The highest BCUT2D eigenvalue weighted by atomic mass is 35.5. The minimum atomic E-state index is -0.414. The molecule has 1 fully saturated rings. The van der Waals surface area contributed by atoms with Gasteiger partial charge in [0.15, 0.2) is 0 Å². The number of aromatic nitrogens is 1. The highest BCUT2D eigenvalue weighted by Crippen LogP contribution is 2.25. The number of carbonyl (C=O) groups is 1. The van der Waals surface area contributed by atoms with Crippen LogP contribution in [0.3, 0.4) is 0 Å². The average Bonchev–Trinajstić information content (AvgIpc) is 3.04. The quantitative estimate of drug-likeness (QED) is 0.935. The molecule has 1 aromatic carbocycles. The minimum absolute atomic E-state index is 0.114. The van der Waals surface area contributed by atoms with Gasteiger partial charge in [-0.1, -0.05) is 28.9 Å². The maximum atomic E-state index is 12.6. The molecule has 2 aromatic rings. The Morgan fingerprint density at radius 2 is 2.30 bits per heavy atom. The number of hydrogen-bond donors (Lipinski definition) is 1. The van der Waals surface area contributed by atoms with Gasteiger partial charge in [-0.15, -0.1) is 0 Å². The largest absolute Gasteiger partial charge is 0.393 e. The van der Waals surface area contributed by atoms with Gasteiger partial charge < -0.3 is 14.5 Å². The van der Waals surface area contributed by atoms with Gasteiger partial charge in [0.2, 0.25) is 5.76 Å². The number of rotatable bonds is 3. The van der Waals surface area contributed by atoms with Crippen LogP contribution in [0.4, 0.5) is 0 Å². The number of likely N-dealkylation sites (tertiary alicyclic amines) is 1. The van der Waals surface area contributed by atoms with E-state index in [1.54, 1.807) is 30.0 Å². The van der Waals surface area contributed by atoms with Gasteiger partial charge in [0.1, 0.15) is 5.69 Å². The standard InChI is InChI=1S/C17H19ClN2O3/c1-11(21)13-5-3-7-20(10-13)17(22)16-9-15(19-23-16)12-4-2-6-14(18)8-12/h2,4,6,8-9,11,13,21H,3,5,7,10H2,1H3. The molecule has 5 nitrogen and oxygen atoms in total. The van der Waals surface area contributed by atoms with Gasteiger partial charge in [-0.2, -0.15) is 0 Å². The van der Waals surface area contributed by atoms with Crippen molar-refractivity contribution in [3.63, 3.8) is 0 Å². The molecule has 0 spiro atoms. The maximum Gasteiger partial charge on any atom is 0.292 e. The lowest BCUT2D eigenvalue weighted by atomic mass is 9.93. The number of piperidine rings is 1. The predicted octanol–water partition coefficient (Wildman–Crippen LogP) is 3.23. The first kappa shape index (κ1) is 16.0. The van der Waals surface area contributed by atoms with Crippen molar-refractivity contribution in [2.45, 2.75) is 25.9 Å². The highest BCUT2D eigenvalue weighted by Gasteiger charge is 2.29. The van der Waals surface area contributed by atoms with Gasteiger partial charge in [-0.3, -0.25) is 4.79 Å². The summed E-state index contributed by atoms with van der Waals surface area (Å²) in [6.07, 6.45) is 1.41. The van der Waals surface area contributed by atoms with Gasteiger partial charge >= 0.3 is 0 Å². The number of carbonyl (C=O) groups excluding carboxylic acids is 1. The molecule has 2 unspecified atom stereocenters. The molecule has 3 rings (SSSR count). The molecule has 0 saturated carbocycles. The maximum absolute atomic E-state index is 12.6. The zero-order valence-corrected chi connectivity index (χ0v) is 13.7. The van der Waals surface area contributed by atoms with Crippen LogP contribution in [0.2, 0.25) is 5.02 Å². The topological polar surface area (TPSA) is 66.6 Å². The molecule has 1 aliphatic rings. The van der Waals surface area contributed by atoms with Crippen LogP contribution < -0.4 is 0 Å². The lowest BCUT2D eigenvalue weighted by Gasteiger charge is -2.33. The Hall–Kier alpha value is -1.85. The molecule has 0 aliphatic carbocycles. The number of hydrogen-bond acceptors (Lipinski definition) is 4. The van der Waals surface area contributed by atoms with Crippen molar-refractivity contribution >= 4 is 17.5 Å². The van der Waals surface area contributed by atoms with E-state index in [0.29, 0.717) is 23.8 Å². The summed E-state index contributed by atoms with van der Waals surface area (Å²) in [7, 11) is 0. The van der Waals surface area contributed by atoms with E-state index >= 15 is 0 Å². The molecule has 1 amide bonds. The first-order chi connectivity index (χ1) is 11.0. The summed E-state index contributed by atoms with van der Waals surface area (Å²) < 4.78 is 5.22. The third-order valence-corrected chi connectivity index (χ3v) is 4.50. The molecular weight excluding hydrogens is 316 g/mol. The minimum Gasteiger partial charge on any atom is -0.393 e. The Kier molecular flexibility index (Phi) is 4.68. The van der Waals surface area contributed by atoms with Crippen LogP contribution in [0, 0.1) is 5.92 Å². The molecule has 0 radical (unpaired) electrons. The van der Waals surface area contributed by atoms with E-state index in [9.17, 15) is 9.90 Å². The highest BCUT2D eigenvalue weighted by molar-refractivity contribution is 6.30. The van der Waals surface area contributed by atoms with Gasteiger partial charge in [0.25, 0.3) is 5.91 Å². The van der Waals surface area contributed by atoms with Crippen LogP contribution in [0.15, 0.2) is 34.9 Å². The van der Waals surface area contributed by atoms with E-state index in [-0.39, 0.29) is 17.6 Å². The molecular formula is C17H19ClN2O3. The zero-order chi connectivity index (χ0) is 16.4. The van der Waals surface area contributed by atoms with Crippen molar-refractivity contribution in [3.8, 4) is 11.3 Å². The first-order valence-corrected chi connectivity index (χ1v) is 8.12. The van der Waals surface area contributed by atoms with Crippen LogP contribution in [-0.2, 0) is 0 Å². The SMILES string of the molecule is CC(O)C1CCCN(C(=O)c2cc(-c3cccc(Cl)c3)no2)C1. The summed E-state index contributed by atoms with van der Waals surface area (Å²) in [6.45, 7) is 2.99. The molecule has 2 heterocycles. The van der Waals surface area contributed by atoms with Gasteiger partial charge in [0.05, 0.1) is 6.10 Å². The van der Waals surface area contributed by atoms with E-state index in [2.05, 4.69) is 5.16 Å². The Morgan fingerprint density at radius 3 is 3.04 bits per heavy atom. The second-order valence-electron chi connectivity index (χ2n) is 5.98. The summed E-state index contributed by atoms with van der Waals surface area (Å²) in [5, 5.41) is 14.3. The number of nitrogens with zero attached hydrogens (tertiary/aromatic N) is 2. The normalized spacial score (nSPS) is 19.6. The molecule has 0 bridgehead atoms. The lowest BCUT2D eigenvalue weighted by Crippen LogP contribution is -2.42. The van der Waals surface area contributed by atoms with Crippen molar-refractivity contribution in [1.29, 1.82) is 0 Å². The smallest absolute Gasteiger partial charge is 0.292 e. The predicted molar refractivity (Wildman–Crippen MR) is 87.3 cm³/mol. The monoisotopic (exact) mass is 334 g/mol.